The van der Waals surface area contributed by atoms with Gasteiger partial charge in [-0.3, -0.25) is 14.2 Å². The molecule has 0 N–H and O–H groups in total. The maximum absolute atomic E-state index is 13.8. The van der Waals surface area contributed by atoms with E-state index in [2.05, 4.69) is 0 Å². The molecular weight excluding hydrogens is 426 g/mol. The van der Waals surface area contributed by atoms with Crippen LogP contribution < -0.4 is 10.3 Å². The Kier molecular flexibility index (Phi) is 5.61. The molecule has 2 aromatic heterocycles. The van der Waals surface area contributed by atoms with Crippen LogP contribution in [0.15, 0.2) is 65.7 Å². The van der Waals surface area contributed by atoms with E-state index in [0.717, 1.165) is 28.6 Å². The van der Waals surface area contributed by atoms with E-state index in [0.29, 0.717) is 0 Å². The number of fused-ring (bicyclic) bond motifs is 1. The average Bonchev–Trinajstić information content (AvgIpc) is 3.15. The lowest BCUT2D eigenvalue weighted by molar-refractivity contribution is 0.0941. The first kappa shape index (κ1) is 20.8. The summed E-state index contributed by atoms with van der Waals surface area (Å²) in [7, 11) is 0. The van der Waals surface area contributed by atoms with E-state index in [1.807, 2.05) is 24.3 Å². The molecule has 0 aliphatic heterocycles. The molecule has 0 radical (unpaired) electrons. The number of aromatic nitrogens is 2. The zero-order chi connectivity index (χ0) is 22.1. The highest BCUT2D eigenvalue weighted by Crippen LogP contribution is 2.23. The monoisotopic (exact) mass is 442 g/mol. The first-order chi connectivity index (χ1) is 14.8. The minimum atomic E-state index is -0.738. The second kappa shape index (κ2) is 8.35. The molecule has 158 valence electrons. The van der Waals surface area contributed by atoms with E-state index in [9.17, 15) is 18.4 Å². The van der Waals surface area contributed by atoms with Gasteiger partial charge in [0.25, 0.3) is 5.56 Å². The molecule has 0 amide bonds. The van der Waals surface area contributed by atoms with Crippen LogP contribution >= 0.6 is 11.6 Å². The second-order valence-electron chi connectivity index (χ2n) is 7.05. The fourth-order valence-electron chi connectivity index (χ4n) is 3.32. The Bertz CT molecular complexity index is 1360. The van der Waals surface area contributed by atoms with Crippen LogP contribution in [0.5, 0.6) is 5.75 Å². The van der Waals surface area contributed by atoms with Crippen molar-refractivity contribution in [2.75, 3.05) is 0 Å². The Balaban J connectivity index is 1.54. The van der Waals surface area contributed by atoms with Crippen LogP contribution in [0.2, 0.25) is 5.02 Å². The Morgan fingerprint density at radius 3 is 2.61 bits per heavy atom. The third-order valence-corrected chi connectivity index (χ3v) is 5.26. The normalized spacial score (nSPS) is 11.1. The molecule has 0 aliphatic carbocycles. The van der Waals surface area contributed by atoms with Crippen LogP contribution in [0.4, 0.5) is 8.78 Å². The number of hydrogen-bond acceptors (Lipinski definition) is 3. The van der Waals surface area contributed by atoms with Gasteiger partial charge in [0.05, 0.1) is 12.1 Å². The lowest BCUT2D eigenvalue weighted by Gasteiger charge is -2.12. The van der Waals surface area contributed by atoms with Crippen molar-refractivity contribution in [3.05, 3.63) is 99.1 Å². The van der Waals surface area contributed by atoms with E-state index in [1.165, 1.54) is 29.8 Å². The summed E-state index contributed by atoms with van der Waals surface area (Å²) in [4.78, 5) is 24.3. The Morgan fingerprint density at radius 1 is 1.06 bits per heavy atom. The Labute approximate surface area is 181 Å². The van der Waals surface area contributed by atoms with Gasteiger partial charge in [-0.1, -0.05) is 17.7 Å². The molecule has 0 atom stereocenters. The van der Waals surface area contributed by atoms with E-state index in [-0.39, 0.29) is 35.4 Å². The van der Waals surface area contributed by atoms with Gasteiger partial charge in [0.15, 0.2) is 0 Å². The first-order valence-corrected chi connectivity index (χ1v) is 9.78. The molecule has 8 heteroatoms. The quantitative estimate of drug-likeness (QED) is 0.436. The van der Waals surface area contributed by atoms with Gasteiger partial charge >= 0.3 is 0 Å². The fourth-order valence-corrected chi connectivity index (χ4v) is 3.55. The highest BCUT2D eigenvalue weighted by Gasteiger charge is 2.12. The molecular formula is C23H17ClF2N2O3. The minimum Gasteiger partial charge on any atom is -0.487 e. The maximum atomic E-state index is 13.8. The van der Waals surface area contributed by atoms with E-state index >= 15 is 0 Å². The number of benzene rings is 2. The molecule has 4 rings (SSSR count). The number of ether oxygens (including phenoxy) is 1. The molecule has 0 saturated heterocycles. The largest absolute Gasteiger partial charge is 0.487 e. The molecule has 2 aromatic carbocycles. The van der Waals surface area contributed by atoms with E-state index in [1.54, 1.807) is 10.8 Å². The number of carbonyl (C=O) groups is 1. The van der Waals surface area contributed by atoms with Crippen molar-refractivity contribution in [2.24, 2.45) is 0 Å². The van der Waals surface area contributed by atoms with Crippen molar-refractivity contribution >= 4 is 28.4 Å². The SMILES string of the molecule is CC(=O)n1ccc2cc(Cn3ccc(OCc4ccc(F)cc4F)c(Cl)c3=O)ccc21. The van der Waals surface area contributed by atoms with Gasteiger partial charge in [-0.25, -0.2) is 8.78 Å². The third-order valence-electron chi connectivity index (χ3n) is 4.92. The van der Waals surface area contributed by atoms with Crippen molar-refractivity contribution in [3.8, 4) is 5.75 Å². The third kappa shape index (κ3) is 4.22. The van der Waals surface area contributed by atoms with Gasteiger partial charge in [0, 0.05) is 36.3 Å². The molecule has 0 spiro atoms. The Morgan fingerprint density at radius 2 is 1.87 bits per heavy atom. The molecule has 0 bridgehead atoms. The van der Waals surface area contributed by atoms with Crippen LogP contribution in [-0.2, 0) is 13.2 Å². The molecule has 31 heavy (non-hydrogen) atoms. The van der Waals surface area contributed by atoms with Crippen LogP contribution in [0, 0.1) is 11.6 Å². The van der Waals surface area contributed by atoms with Crippen molar-refractivity contribution in [1.29, 1.82) is 0 Å². The highest BCUT2D eigenvalue weighted by molar-refractivity contribution is 6.31. The lowest BCUT2D eigenvalue weighted by Crippen LogP contribution is -2.21. The number of pyridine rings is 1. The fraction of sp³-hybridized carbons (Fsp3) is 0.130. The van der Waals surface area contributed by atoms with Gasteiger partial charge in [-0.05, 0) is 42.0 Å². The predicted octanol–water partition coefficient (Wildman–Crippen LogP) is 5.02. The second-order valence-corrected chi connectivity index (χ2v) is 7.43. The van der Waals surface area contributed by atoms with Crippen LogP contribution in [0.1, 0.15) is 22.8 Å². The van der Waals surface area contributed by atoms with E-state index < -0.39 is 17.2 Å². The van der Waals surface area contributed by atoms with E-state index in [4.69, 9.17) is 16.3 Å². The van der Waals surface area contributed by atoms with Gasteiger partial charge in [0.1, 0.15) is 29.0 Å². The van der Waals surface area contributed by atoms with Crippen molar-refractivity contribution < 1.29 is 18.3 Å². The van der Waals surface area contributed by atoms with Gasteiger partial charge in [0.2, 0.25) is 5.91 Å². The summed E-state index contributed by atoms with van der Waals surface area (Å²) in [5.41, 5.74) is 1.33. The number of carbonyl (C=O) groups excluding carboxylic acids is 1. The number of halogens is 3. The predicted molar refractivity (Wildman–Crippen MR) is 114 cm³/mol. The van der Waals surface area contributed by atoms with Crippen LogP contribution in [0.3, 0.4) is 0 Å². The lowest BCUT2D eigenvalue weighted by atomic mass is 10.1. The van der Waals surface area contributed by atoms with Crippen LogP contribution in [0.25, 0.3) is 10.9 Å². The zero-order valence-electron chi connectivity index (χ0n) is 16.4. The Hall–Kier alpha value is -3.45. The maximum Gasteiger partial charge on any atom is 0.273 e. The van der Waals surface area contributed by atoms with Crippen molar-refractivity contribution in [3.63, 3.8) is 0 Å². The van der Waals surface area contributed by atoms with Gasteiger partial charge < -0.3 is 9.30 Å². The first-order valence-electron chi connectivity index (χ1n) is 9.40. The molecule has 0 aliphatic rings. The number of nitrogens with zero attached hydrogens (tertiary/aromatic N) is 2. The summed E-state index contributed by atoms with van der Waals surface area (Å²) in [6.07, 6.45) is 3.24. The smallest absolute Gasteiger partial charge is 0.273 e. The van der Waals surface area contributed by atoms with Gasteiger partial charge in [-0.2, -0.15) is 0 Å². The summed E-state index contributed by atoms with van der Waals surface area (Å²) in [5.74, 6) is -1.39. The topological polar surface area (TPSA) is 53.2 Å². The zero-order valence-corrected chi connectivity index (χ0v) is 17.2. The number of rotatable bonds is 5. The summed E-state index contributed by atoms with van der Waals surface area (Å²) >= 11 is 6.18. The van der Waals surface area contributed by atoms with Crippen LogP contribution in [-0.4, -0.2) is 15.0 Å². The minimum absolute atomic E-state index is 0.0816. The summed E-state index contributed by atoms with van der Waals surface area (Å²) < 4.78 is 35.2. The highest BCUT2D eigenvalue weighted by atomic mass is 35.5. The molecule has 4 aromatic rings. The summed E-state index contributed by atoms with van der Waals surface area (Å²) in [6, 6.07) is 12.1. The molecule has 0 saturated carbocycles. The summed E-state index contributed by atoms with van der Waals surface area (Å²) in [5, 5.41) is 0.752. The van der Waals surface area contributed by atoms with Crippen molar-refractivity contribution in [1.82, 2.24) is 9.13 Å². The van der Waals surface area contributed by atoms with Gasteiger partial charge in [-0.15, -0.1) is 0 Å². The average molecular weight is 443 g/mol. The molecule has 0 fully saturated rings. The van der Waals surface area contributed by atoms with Crippen molar-refractivity contribution in [2.45, 2.75) is 20.1 Å². The number of hydrogen-bond donors (Lipinski definition) is 0. The molecule has 5 nitrogen and oxygen atoms in total. The molecule has 0 unspecified atom stereocenters. The molecule has 2 heterocycles. The summed E-state index contributed by atoms with van der Waals surface area (Å²) in [6.45, 7) is 1.56. The standard InChI is InChI=1S/C23H17ClF2N2O3/c1-14(29)28-9-6-16-10-15(2-5-20(16)28)12-27-8-7-21(22(24)23(27)30)31-13-17-3-4-18(25)11-19(17)26/h2-11H,12-13H2,1H3.